The van der Waals surface area contributed by atoms with Gasteiger partial charge in [-0.3, -0.25) is 9.48 Å². The van der Waals surface area contributed by atoms with Gasteiger partial charge in [0.05, 0.1) is 6.04 Å². The number of carbonyl (C=O) groups is 2. The van der Waals surface area contributed by atoms with E-state index in [1.165, 1.54) is 0 Å². The van der Waals surface area contributed by atoms with Crippen LogP contribution in [0.25, 0.3) is 0 Å². The van der Waals surface area contributed by atoms with Gasteiger partial charge in [-0.15, -0.1) is 0 Å². The first-order valence-corrected chi connectivity index (χ1v) is 6.87. The highest BCUT2D eigenvalue weighted by Gasteiger charge is 2.28. The third-order valence-corrected chi connectivity index (χ3v) is 3.17. The molecule has 1 aromatic heterocycles. The molecular weight excluding hydrogens is 258 g/mol. The van der Waals surface area contributed by atoms with Crippen LogP contribution in [0.5, 0.6) is 0 Å². The lowest BCUT2D eigenvalue weighted by Gasteiger charge is -2.34. The standard InChI is InChI=1S/C14H21N3O3/c1-14(2,3)20-13(19)16-7-4-5-12(9-16)17-8-6-11(10-18)15-17/h6,8,10,12H,4-5,7,9H2,1-3H3/t12-/m0/s1. The molecule has 6 nitrogen and oxygen atoms in total. The Morgan fingerprint density at radius 1 is 1.50 bits per heavy atom. The molecule has 1 amide bonds. The molecule has 0 unspecified atom stereocenters. The third kappa shape index (κ3) is 3.59. The molecule has 20 heavy (non-hydrogen) atoms. The minimum atomic E-state index is -0.486. The summed E-state index contributed by atoms with van der Waals surface area (Å²) in [6.07, 6.45) is 4.07. The van der Waals surface area contributed by atoms with E-state index in [9.17, 15) is 9.59 Å². The number of likely N-dealkylation sites (tertiary alicyclic amines) is 1. The van der Waals surface area contributed by atoms with Gasteiger partial charge in [-0.1, -0.05) is 0 Å². The first-order valence-electron chi connectivity index (χ1n) is 6.87. The Kier molecular flexibility index (Phi) is 4.11. The molecule has 2 heterocycles. The second kappa shape index (κ2) is 5.64. The molecular formula is C14H21N3O3. The van der Waals surface area contributed by atoms with Gasteiger partial charge in [0.15, 0.2) is 6.29 Å². The van der Waals surface area contributed by atoms with Gasteiger partial charge >= 0.3 is 6.09 Å². The average Bonchev–Trinajstić information content (AvgIpc) is 2.85. The number of piperidine rings is 1. The molecule has 0 N–H and O–H groups in total. The van der Waals surface area contributed by atoms with Gasteiger partial charge in [0.2, 0.25) is 0 Å². The number of rotatable bonds is 2. The number of hydrogen-bond acceptors (Lipinski definition) is 4. The molecule has 1 fully saturated rings. The Morgan fingerprint density at radius 2 is 2.25 bits per heavy atom. The van der Waals surface area contributed by atoms with Crippen LogP contribution in [0, 0.1) is 0 Å². The zero-order valence-corrected chi connectivity index (χ0v) is 12.2. The fourth-order valence-corrected chi connectivity index (χ4v) is 2.28. The van der Waals surface area contributed by atoms with E-state index >= 15 is 0 Å². The van der Waals surface area contributed by atoms with Crippen molar-refractivity contribution in [1.82, 2.24) is 14.7 Å². The Labute approximate surface area is 118 Å². The van der Waals surface area contributed by atoms with Crippen molar-refractivity contribution < 1.29 is 14.3 Å². The second-order valence-corrected chi connectivity index (χ2v) is 6.06. The Balaban J connectivity index is 2.01. The van der Waals surface area contributed by atoms with Crippen LogP contribution in [0.3, 0.4) is 0 Å². The van der Waals surface area contributed by atoms with Crippen molar-refractivity contribution in [3.05, 3.63) is 18.0 Å². The molecule has 1 atom stereocenters. The van der Waals surface area contributed by atoms with Gasteiger partial charge in [-0.2, -0.15) is 5.10 Å². The van der Waals surface area contributed by atoms with Gasteiger partial charge in [0, 0.05) is 19.3 Å². The Bertz CT molecular complexity index is 490. The molecule has 1 aromatic rings. The molecule has 1 saturated heterocycles. The third-order valence-electron chi connectivity index (χ3n) is 3.17. The topological polar surface area (TPSA) is 64.4 Å². The number of aldehydes is 1. The fourth-order valence-electron chi connectivity index (χ4n) is 2.28. The highest BCUT2D eigenvalue weighted by atomic mass is 16.6. The van der Waals surface area contributed by atoms with Crippen molar-refractivity contribution in [2.45, 2.75) is 45.3 Å². The highest BCUT2D eigenvalue weighted by molar-refractivity contribution is 5.71. The summed E-state index contributed by atoms with van der Waals surface area (Å²) in [7, 11) is 0. The lowest BCUT2D eigenvalue weighted by atomic mass is 10.1. The molecule has 6 heteroatoms. The lowest BCUT2D eigenvalue weighted by Crippen LogP contribution is -2.43. The van der Waals surface area contributed by atoms with Crippen LogP contribution in [0.4, 0.5) is 4.79 Å². The first kappa shape index (κ1) is 14.6. The number of ether oxygens (including phenoxy) is 1. The molecule has 0 spiro atoms. The van der Waals surface area contributed by atoms with Gasteiger partial charge in [-0.25, -0.2) is 4.79 Å². The molecule has 1 aliphatic rings. The zero-order valence-electron chi connectivity index (χ0n) is 12.2. The summed E-state index contributed by atoms with van der Waals surface area (Å²) in [5.74, 6) is 0. The highest BCUT2D eigenvalue weighted by Crippen LogP contribution is 2.22. The number of amides is 1. The molecule has 1 aliphatic heterocycles. The van der Waals surface area contributed by atoms with Gasteiger partial charge in [-0.05, 0) is 39.7 Å². The van der Waals surface area contributed by atoms with Crippen LogP contribution in [-0.4, -0.2) is 45.8 Å². The average molecular weight is 279 g/mol. The largest absolute Gasteiger partial charge is 0.444 e. The van der Waals surface area contributed by atoms with E-state index in [1.54, 1.807) is 21.8 Å². The smallest absolute Gasteiger partial charge is 0.410 e. The van der Waals surface area contributed by atoms with Crippen LogP contribution >= 0.6 is 0 Å². The quantitative estimate of drug-likeness (QED) is 0.779. The lowest BCUT2D eigenvalue weighted by molar-refractivity contribution is 0.0167. The second-order valence-electron chi connectivity index (χ2n) is 6.06. The summed E-state index contributed by atoms with van der Waals surface area (Å²) < 4.78 is 7.15. The number of hydrogen-bond donors (Lipinski definition) is 0. The van der Waals surface area contributed by atoms with E-state index in [0.717, 1.165) is 19.1 Å². The van der Waals surface area contributed by atoms with Crippen molar-refractivity contribution in [2.75, 3.05) is 13.1 Å². The van der Waals surface area contributed by atoms with Gasteiger partial charge in [0.1, 0.15) is 11.3 Å². The van der Waals surface area contributed by atoms with Crippen LogP contribution in [-0.2, 0) is 4.74 Å². The van der Waals surface area contributed by atoms with Crippen molar-refractivity contribution >= 4 is 12.4 Å². The molecule has 2 rings (SSSR count). The Hall–Kier alpha value is -1.85. The predicted molar refractivity (Wildman–Crippen MR) is 73.7 cm³/mol. The van der Waals surface area contributed by atoms with Crippen molar-refractivity contribution in [3.8, 4) is 0 Å². The van der Waals surface area contributed by atoms with Crippen LogP contribution < -0.4 is 0 Å². The van der Waals surface area contributed by atoms with Crippen LogP contribution in [0.2, 0.25) is 0 Å². The summed E-state index contributed by atoms with van der Waals surface area (Å²) in [4.78, 5) is 24.5. The predicted octanol–water partition coefficient (Wildman–Crippen LogP) is 2.27. The summed E-state index contributed by atoms with van der Waals surface area (Å²) in [6.45, 7) is 6.84. The van der Waals surface area contributed by atoms with E-state index in [1.807, 2.05) is 20.8 Å². The molecule has 110 valence electrons. The SMILES string of the molecule is CC(C)(C)OC(=O)N1CCC[C@H](n2ccc(C=O)n2)C1. The Morgan fingerprint density at radius 3 is 2.85 bits per heavy atom. The van der Waals surface area contributed by atoms with E-state index in [0.29, 0.717) is 18.8 Å². The molecule has 0 radical (unpaired) electrons. The minimum Gasteiger partial charge on any atom is -0.444 e. The summed E-state index contributed by atoms with van der Waals surface area (Å²) >= 11 is 0. The van der Waals surface area contributed by atoms with E-state index in [4.69, 9.17) is 4.74 Å². The normalized spacial score (nSPS) is 19.8. The fraction of sp³-hybridized carbons (Fsp3) is 0.643. The maximum atomic E-state index is 12.1. The molecule has 0 bridgehead atoms. The maximum absolute atomic E-state index is 12.1. The minimum absolute atomic E-state index is 0.102. The monoisotopic (exact) mass is 279 g/mol. The van der Waals surface area contributed by atoms with Crippen molar-refractivity contribution in [3.63, 3.8) is 0 Å². The molecule has 0 aliphatic carbocycles. The van der Waals surface area contributed by atoms with E-state index in [2.05, 4.69) is 5.10 Å². The van der Waals surface area contributed by atoms with Crippen LogP contribution in [0.15, 0.2) is 12.3 Å². The van der Waals surface area contributed by atoms with E-state index in [-0.39, 0.29) is 12.1 Å². The number of aromatic nitrogens is 2. The van der Waals surface area contributed by atoms with E-state index < -0.39 is 5.60 Å². The van der Waals surface area contributed by atoms with Gasteiger partial charge < -0.3 is 9.64 Å². The zero-order chi connectivity index (χ0) is 14.8. The number of carbonyl (C=O) groups excluding carboxylic acids is 2. The van der Waals surface area contributed by atoms with Crippen molar-refractivity contribution in [2.24, 2.45) is 0 Å². The summed E-state index contributed by atoms with van der Waals surface area (Å²) in [6, 6.07) is 1.78. The summed E-state index contributed by atoms with van der Waals surface area (Å²) in [5, 5.41) is 4.19. The first-order chi connectivity index (χ1) is 9.39. The molecule has 0 aromatic carbocycles. The van der Waals surface area contributed by atoms with Crippen LogP contribution in [0.1, 0.15) is 50.1 Å². The molecule has 0 saturated carbocycles. The maximum Gasteiger partial charge on any atom is 0.410 e. The summed E-state index contributed by atoms with van der Waals surface area (Å²) in [5.41, 5.74) is -0.0696. The van der Waals surface area contributed by atoms with Crippen molar-refractivity contribution in [1.29, 1.82) is 0 Å². The van der Waals surface area contributed by atoms with Gasteiger partial charge in [0.25, 0.3) is 0 Å². The number of nitrogens with zero attached hydrogens (tertiary/aromatic N) is 3.